The van der Waals surface area contributed by atoms with E-state index in [9.17, 15) is 14.9 Å². The molecule has 0 aromatic heterocycles. The minimum absolute atomic E-state index is 0.0321. The Morgan fingerprint density at radius 3 is 2.59 bits per heavy atom. The zero-order chi connectivity index (χ0) is 16.2. The summed E-state index contributed by atoms with van der Waals surface area (Å²) in [5, 5.41) is 13.3. The third-order valence-electron chi connectivity index (χ3n) is 2.94. The number of nitrogens with one attached hydrogen (secondary N) is 1. The normalized spacial score (nSPS) is 10.8. The van der Waals surface area contributed by atoms with Crippen LogP contribution in [-0.2, 0) is 9.53 Å². The average molecular weight is 306 g/mol. The molecule has 1 N–H and O–H groups in total. The van der Waals surface area contributed by atoms with Gasteiger partial charge in [0.25, 0.3) is 5.69 Å². The highest BCUT2D eigenvalue weighted by molar-refractivity contribution is 5.91. The predicted octanol–water partition coefficient (Wildman–Crippen LogP) is 2.93. The van der Waals surface area contributed by atoms with Crippen LogP contribution in [0.2, 0.25) is 0 Å². The number of nitro benzene ring substituents is 1. The van der Waals surface area contributed by atoms with Crippen molar-refractivity contribution in [3.63, 3.8) is 0 Å². The number of benzene rings is 1. The zero-order valence-electron chi connectivity index (χ0n) is 12.8. The molecule has 0 fully saturated rings. The maximum Gasteiger partial charge on any atom is 0.269 e. The van der Waals surface area contributed by atoms with Crippen LogP contribution in [0.1, 0.15) is 31.7 Å². The van der Waals surface area contributed by atoms with Gasteiger partial charge < -0.3 is 10.1 Å². The maximum absolute atomic E-state index is 11.6. The van der Waals surface area contributed by atoms with Crippen LogP contribution < -0.4 is 5.32 Å². The second-order valence-electron chi connectivity index (χ2n) is 4.79. The molecule has 120 valence electrons. The maximum atomic E-state index is 11.6. The van der Waals surface area contributed by atoms with Gasteiger partial charge in [-0.2, -0.15) is 0 Å². The van der Waals surface area contributed by atoms with Gasteiger partial charge >= 0.3 is 0 Å². The van der Waals surface area contributed by atoms with Crippen molar-refractivity contribution in [2.75, 3.05) is 19.8 Å². The van der Waals surface area contributed by atoms with Crippen LogP contribution in [0.15, 0.2) is 30.3 Å². The smallest absolute Gasteiger partial charge is 0.269 e. The van der Waals surface area contributed by atoms with E-state index in [0.717, 1.165) is 31.4 Å². The molecular formula is C16H22N2O4. The molecule has 1 rings (SSSR count). The number of carbonyl (C=O) groups is 1. The minimum atomic E-state index is -0.456. The molecule has 6 heteroatoms. The van der Waals surface area contributed by atoms with Crippen molar-refractivity contribution in [1.29, 1.82) is 0 Å². The first-order chi connectivity index (χ1) is 10.6. The molecular weight excluding hydrogens is 284 g/mol. The van der Waals surface area contributed by atoms with E-state index in [0.29, 0.717) is 13.2 Å². The molecule has 1 aromatic carbocycles. The lowest BCUT2D eigenvalue weighted by Gasteiger charge is -2.04. The van der Waals surface area contributed by atoms with Gasteiger partial charge in [-0.05, 0) is 36.6 Å². The number of nitrogens with zero attached hydrogens (tertiary/aromatic N) is 1. The molecule has 0 saturated heterocycles. The fourth-order valence-corrected chi connectivity index (χ4v) is 1.67. The van der Waals surface area contributed by atoms with Crippen molar-refractivity contribution in [3.05, 3.63) is 46.0 Å². The second-order valence-corrected chi connectivity index (χ2v) is 4.79. The standard InChI is InChI=1S/C16H22N2O4/c1-2-3-12-22-13-4-11-17-16(19)10-7-14-5-8-15(9-6-14)18(20)21/h5-10H,2-4,11-13H2,1H3,(H,17,19). The number of nitro groups is 1. The molecule has 1 aromatic rings. The number of ether oxygens (including phenoxy) is 1. The Morgan fingerprint density at radius 1 is 1.27 bits per heavy atom. The Balaban J connectivity index is 2.22. The van der Waals surface area contributed by atoms with E-state index in [-0.39, 0.29) is 11.6 Å². The van der Waals surface area contributed by atoms with Crippen LogP contribution in [0.3, 0.4) is 0 Å². The summed E-state index contributed by atoms with van der Waals surface area (Å²) in [7, 11) is 0. The summed E-state index contributed by atoms with van der Waals surface area (Å²) in [5.41, 5.74) is 0.772. The highest BCUT2D eigenvalue weighted by Crippen LogP contribution is 2.12. The molecule has 1 amide bonds. The second kappa shape index (κ2) is 10.5. The van der Waals surface area contributed by atoms with Gasteiger partial charge in [0.05, 0.1) is 4.92 Å². The van der Waals surface area contributed by atoms with Crippen molar-refractivity contribution < 1.29 is 14.5 Å². The topological polar surface area (TPSA) is 81.5 Å². The van der Waals surface area contributed by atoms with Gasteiger partial charge in [0.15, 0.2) is 0 Å². The summed E-state index contributed by atoms with van der Waals surface area (Å²) in [6.45, 7) is 4.09. The Bertz CT molecular complexity index is 497. The Kier molecular flexibility index (Phi) is 8.52. The first-order valence-corrected chi connectivity index (χ1v) is 7.41. The van der Waals surface area contributed by atoms with E-state index in [1.807, 2.05) is 0 Å². The van der Waals surface area contributed by atoms with E-state index >= 15 is 0 Å². The van der Waals surface area contributed by atoms with Gasteiger partial charge in [-0.1, -0.05) is 13.3 Å². The van der Waals surface area contributed by atoms with Gasteiger partial charge in [-0.15, -0.1) is 0 Å². The zero-order valence-corrected chi connectivity index (χ0v) is 12.8. The van der Waals surface area contributed by atoms with Crippen LogP contribution in [0.25, 0.3) is 6.08 Å². The number of carbonyl (C=O) groups excluding carboxylic acids is 1. The number of hydrogen-bond donors (Lipinski definition) is 1. The summed E-state index contributed by atoms with van der Waals surface area (Å²) >= 11 is 0. The minimum Gasteiger partial charge on any atom is -0.381 e. The Hall–Kier alpha value is -2.21. The number of hydrogen-bond acceptors (Lipinski definition) is 4. The molecule has 0 spiro atoms. The monoisotopic (exact) mass is 306 g/mol. The van der Waals surface area contributed by atoms with Crippen LogP contribution in [0.5, 0.6) is 0 Å². The average Bonchev–Trinajstić information content (AvgIpc) is 2.52. The lowest BCUT2D eigenvalue weighted by Crippen LogP contribution is -2.23. The number of unbranched alkanes of at least 4 members (excludes halogenated alkanes) is 1. The lowest BCUT2D eigenvalue weighted by atomic mass is 10.2. The highest BCUT2D eigenvalue weighted by Gasteiger charge is 2.02. The van der Waals surface area contributed by atoms with Crippen LogP contribution in [0, 0.1) is 10.1 Å². The third kappa shape index (κ3) is 7.54. The van der Waals surface area contributed by atoms with Crippen LogP contribution in [-0.4, -0.2) is 30.6 Å². The van der Waals surface area contributed by atoms with Crippen molar-refractivity contribution in [3.8, 4) is 0 Å². The lowest BCUT2D eigenvalue weighted by molar-refractivity contribution is -0.384. The van der Waals surface area contributed by atoms with E-state index in [1.54, 1.807) is 18.2 Å². The number of rotatable bonds is 10. The summed E-state index contributed by atoms with van der Waals surface area (Å²) in [5.74, 6) is -0.188. The molecule has 0 aliphatic rings. The first-order valence-electron chi connectivity index (χ1n) is 7.41. The van der Waals surface area contributed by atoms with Crippen LogP contribution >= 0.6 is 0 Å². The van der Waals surface area contributed by atoms with Crippen molar-refractivity contribution in [2.45, 2.75) is 26.2 Å². The van der Waals surface area contributed by atoms with Gasteiger partial charge in [0.2, 0.25) is 5.91 Å². The van der Waals surface area contributed by atoms with Gasteiger partial charge in [-0.25, -0.2) is 0 Å². The van der Waals surface area contributed by atoms with Crippen LogP contribution in [0.4, 0.5) is 5.69 Å². The SMILES string of the molecule is CCCCOCCCNC(=O)C=Cc1ccc([N+](=O)[O-])cc1. The molecule has 0 aliphatic carbocycles. The van der Waals surface area contributed by atoms with E-state index in [1.165, 1.54) is 18.2 Å². The van der Waals surface area contributed by atoms with Crippen molar-refractivity contribution in [1.82, 2.24) is 5.32 Å². The van der Waals surface area contributed by atoms with Crippen molar-refractivity contribution in [2.24, 2.45) is 0 Å². The Morgan fingerprint density at radius 2 is 1.95 bits per heavy atom. The fraction of sp³-hybridized carbons (Fsp3) is 0.438. The summed E-state index contributed by atoms with van der Waals surface area (Å²) < 4.78 is 5.39. The van der Waals surface area contributed by atoms with E-state index in [4.69, 9.17) is 4.74 Å². The molecule has 0 unspecified atom stereocenters. The van der Waals surface area contributed by atoms with Crippen molar-refractivity contribution >= 4 is 17.7 Å². The molecule has 0 bridgehead atoms. The molecule has 6 nitrogen and oxygen atoms in total. The molecule has 22 heavy (non-hydrogen) atoms. The third-order valence-corrected chi connectivity index (χ3v) is 2.94. The van der Waals surface area contributed by atoms with Gasteiger partial charge in [-0.3, -0.25) is 14.9 Å². The quantitative estimate of drug-likeness (QED) is 0.312. The number of non-ortho nitro benzene ring substituents is 1. The Labute approximate surface area is 130 Å². The number of amides is 1. The first kappa shape index (κ1) is 17.8. The summed E-state index contributed by atoms with van der Waals surface area (Å²) in [6.07, 6.45) is 5.99. The largest absolute Gasteiger partial charge is 0.381 e. The molecule has 0 heterocycles. The summed E-state index contributed by atoms with van der Waals surface area (Å²) in [4.78, 5) is 21.6. The fourth-order valence-electron chi connectivity index (χ4n) is 1.67. The highest BCUT2D eigenvalue weighted by atomic mass is 16.6. The molecule has 0 radical (unpaired) electrons. The van der Waals surface area contributed by atoms with E-state index < -0.39 is 4.92 Å². The summed E-state index contributed by atoms with van der Waals surface area (Å²) in [6, 6.07) is 6.02. The van der Waals surface area contributed by atoms with E-state index in [2.05, 4.69) is 12.2 Å². The van der Waals surface area contributed by atoms with Gasteiger partial charge in [0, 0.05) is 38.0 Å². The predicted molar refractivity (Wildman–Crippen MR) is 85.5 cm³/mol. The molecule has 0 atom stereocenters. The molecule has 0 aliphatic heterocycles. The molecule has 0 saturated carbocycles. The van der Waals surface area contributed by atoms with Gasteiger partial charge in [0.1, 0.15) is 0 Å².